The topological polar surface area (TPSA) is 59.0 Å². The van der Waals surface area contributed by atoms with Crippen molar-refractivity contribution in [1.29, 1.82) is 0 Å². The monoisotopic (exact) mass is 600 g/mol. The number of rotatable bonds is 3. The van der Waals surface area contributed by atoms with Gasteiger partial charge in [0.1, 0.15) is 10.8 Å². The van der Waals surface area contributed by atoms with Crippen molar-refractivity contribution in [2.45, 2.75) is 30.9 Å². The molecule has 1 aromatic heterocycles. The Kier molecular flexibility index (Phi) is 6.75. The van der Waals surface area contributed by atoms with Crippen molar-refractivity contribution in [3.8, 4) is 0 Å². The number of aromatic nitrogens is 2. The Morgan fingerprint density at radius 3 is 2.34 bits per heavy atom. The molecule has 0 aliphatic carbocycles. The van der Waals surface area contributed by atoms with E-state index in [0.717, 1.165) is 16.6 Å². The van der Waals surface area contributed by atoms with Crippen LogP contribution < -0.4 is 10.6 Å². The summed E-state index contributed by atoms with van der Waals surface area (Å²) in [6.45, 7) is 0. The van der Waals surface area contributed by atoms with Crippen molar-refractivity contribution in [2.75, 3.05) is 10.6 Å². The molecule has 4 rings (SSSR count). The molecule has 0 radical (unpaired) electrons. The fraction of sp³-hybridized carbons (Fsp3) is 0.238. The molecule has 0 saturated heterocycles. The molecule has 2 heterocycles. The summed E-state index contributed by atoms with van der Waals surface area (Å²) in [5.41, 5.74) is -1.54. The van der Waals surface area contributed by atoms with Gasteiger partial charge in [-0.25, -0.2) is 4.68 Å². The molecular weight excluding hydrogens is 589 g/mol. The first-order valence-corrected chi connectivity index (χ1v) is 11.4. The highest BCUT2D eigenvalue weighted by molar-refractivity contribution is 9.10. The fourth-order valence-electron chi connectivity index (χ4n) is 3.63. The second-order valence-corrected chi connectivity index (χ2v) is 9.34. The van der Waals surface area contributed by atoms with Gasteiger partial charge in [0.2, 0.25) is 0 Å². The van der Waals surface area contributed by atoms with E-state index in [1.165, 1.54) is 0 Å². The van der Waals surface area contributed by atoms with Crippen LogP contribution in [0.15, 0.2) is 46.9 Å². The van der Waals surface area contributed by atoms with Gasteiger partial charge in [-0.15, -0.1) is 0 Å². The van der Waals surface area contributed by atoms with Crippen molar-refractivity contribution in [3.63, 3.8) is 0 Å². The van der Waals surface area contributed by atoms with Gasteiger partial charge in [-0.3, -0.25) is 4.79 Å². The average Bonchev–Trinajstić information content (AvgIpc) is 3.10. The highest BCUT2D eigenvalue weighted by Crippen LogP contribution is 2.46. The van der Waals surface area contributed by atoms with Crippen molar-refractivity contribution >= 4 is 56.5 Å². The maximum Gasteiger partial charge on any atom is 0.416 e. The number of alkyl halides is 6. The Bertz CT molecular complexity index is 1280. The first-order valence-electron chi connectivity index (χ1n) is 9.80. The molecule has 35 heavy (non-hydrogen) atoms. The zero-order valence-electron chi connectivity index (χ0n) is 17.1. The lowest BCUT2D eigenvalue weighted by Crippen LogP contribution is -2.35. The number of hydrogen-bond acceptors (Lipinski definition) is 3. The molecule has 1 aliphatic heterocycles. The van der Waals surface area contributed by atoms with Crippen LogP contribution in [0.25, 0.3) is 0 Å². The Hall–Kier alpha value is -2.44. The van der Waals surface area contributed by atoms with E-state index >= 15 is 0 Å². The van der Waals surface area contributed by atoms with Gasteiger partial charge in [-0.1, -0.05) is 51.3 Å². The average molecular weight is 602 g/mol. The summed E-state index contributed by atoms with van der Waals surface area (Å²) in [5.74, 6) is -1.37. The van der Waals surface area contributed by atoms with Crippen LogP contribution in [0.1, 0.15) is 40.1 Å². The molecule has 2 N–H and O–H groups in total. The predicted octanol–water partition coefficient (Wildman–Crippen LogP) is 7.88. The van der Waals surface area contributed by atoms with Crippen LogP contribution in [0.3, 0.4) is 0 Å². The smallest absolute Gasteiger partial charge is 0.362 e. The van der Waals surface area contributed by atoms with E-state index in [4.69, 9.17) is 23.2 Å². The van der Waals surface area contributed by atoms with E-state index in [-0.39, 0.29) is 10.8 Å². The third-order valence-corrected chi connectivity index (χ3v) is 6.54. The number of benzene rings is 2. The molecule has 186 valence electrons. The molecule has 0 unspecified atom stereocenters. The first-order chi connectivity index (χ1) is 16.3. The molecule has 0 saturated carbocycles. The van der Waals surface area contributed by atoms with Crippen LogP contribution in [0.2, 0.25) is 10.0 Å². The third-order valence-electron chi connectivity index (χ3n) is 5.32. The molecule has 0 fully saturated rings. The van der Waals surface area contributed by atoms with Gasteiger partial charge < -0.3 is 10.6 Å². The third kappa shape index (κ3) is 5.24. The number of fused-ring (bicyclic) bond motifs is 1. The number of carbonyl (C=O) groups is 1. The number of anilines is 2. The highest BCUT2D eigenvalue weighted by atomic mass is 79.9. The molecule has 3 aromatic rings. The lowest BCUT2D eigenvalue weighted by atomic mass is 9.97. The van der Waals surface area contributed by atoms with Crippen LogP contribution >= 0.6 is 39.1 Å². The van der Waals surface area contributed by atoms with E-state index in [0.29, 0.717) is 16.3 Å². The number of carbonyl (C=O) groups excluding carboxylic acids is 1. The minimum atomic E-state index is -4.72. The second kappa shape index (κ2) is 9.21. The van der Waals surface area contributed by atoms with Crippen LogP contribution in [0, 0.1) is 0 Å². The van der Waals surface area contributed by atoms with Crippen molar-refractivity contribution in [2.24, 2.45) is 0 Å². The number of halogens is 9. The summed E-state index contributed by atoms with van der Waals surface area (Å²) < 4.78 is 82.1. The summed E-state index contributed by atoms with van der Waals surface area (Å²) >= 11 is 15.4. The predicted molar refractivity (Wildman–Crippen MR) is 122 cm³/mol. The molecule has 0 bridgehead atoms. The molecule has 0 spiro atoms. The molecule has 2 aromatic carbocycles. The minimum absolute atomic E-state index is 0.215. The van der Waals surface area contributed by atoms with Crippen molar-refractivity contribution in [1.82, 2.24) is 9.78 Å². The highest BCUT2D eigenvalue weighted by Gasteiger charge is 2.48. The number of nitrogens with zero attached hydrogens (tertiary/aromatic N) is 2. The van der Waals surface area contributed by atoms with Crippen LogP contribution in [0.4, 0.5) is 37.8 Å². The largest absolute Gasteiger partial charge is 0.416 e. The van der Waals surface area contributed by atoms with Gasteiger partial charge in [-0.05, 0) is 35.9 Å². The molecule has 2 atom stereocenters. The number of amides is 1. The van der Waals surface area contributed by atoms with Crippen LogP contribution in [-0.4, -0.2) is 21.9 Å². The lowest BCUT2D eigenvalue weighted by molar-refractivity contribution is -0.173. The van der Waals surface area contributed by atoms with Crippen LogP contribution in [0.5, 0.6) is 0 Å². The quantitative estimate of drug-likeness (QED) is 0.300. The lowest BCUT2D eigenvalue weighted by Gasteiger charge is -2.33. The zero-order valence-corrected chi connectivity index (χ0v) is 20.2. The van der Waals surface area contributed by atoms with Gasteiger partial charge in [0.05, 0.1) is 22.3 Å². The van der Waals surface area contributed by atoms with Gasteiger partial charge in [0, 0.05) is 10.9 Å². The van der Waals surface area contributed by atoms with E-state index < -0.39 is 58.7 Å². The van der Waals surface area contributed by atoms with Crippen LogP contribution in [-0.2, 0) is 6.18 Å². The van der Waals surface area contributed by atoms with E-state index in [9.17, 15) is 31.1 Å². The minimum Gasteiger partial charge on any atom is -0.362 e. The molecule has 14 heteroatoms. The van der Waals surface area contributed by atoms with E-state index in [1.54, 1.807) is 24.3 Å². The molecular formula is C21H13BrCl2F6N4O. The first kappa shape index (κ1) is 25.6. The fourth-order valence-corrected chi connectivity index (χ4v) is 4.32. The SMILES string of the molecule is O=C(Nc1cc(C(F)(F)F)ccc1Cl)c1nn2c(c1Cl)N[C@H](c1ccc(Br)cc1)C[C@H]2C(F)(F)F. The van der Waals surface area contributed by atoms with Crippen molar-refractivity contribution in [3.05, 3.63) is 73.8 Å². The maximum atomic E-state index is 13.9. The molecule has 5 nitrogen and oxygen atoms in total. The standard InChI is InChI=1S/C21H13BrCl2F6N4O/c22-11-4-1-9(2-5-11)13-8-15(21(28,29)30)34-18(31-13)16(24)17(33-34)19(35)32-14-7-10(20(25,26)27)3-6-12(14)23/h1-7,13,15,31H,8H2,(H,32,35)/t13-,15-/m0/s1. The molecule has 1 amide bonds. The molecule has 1 aliphatic rings. The summed E-state index contributed by atoms with van der Waals surface area (Å²) in [6.07, 6.45) is -9.87. The summed E-state index contributed by atoms with van der Waals surface area (Å²) in [5, 5.41) is 8.15. The van der Waals surface area contributed by atoms with Gasteiger partial charge in [0.25, 0.3) is 5.91 Å². The summed E-state index contributed by atoms with van der Waals surface area (Å²) in [7, 11) is 0. The normalized spacial score (nSPS) is 18.1. The van der Waals surface area contributed by atoms with E-state index in [2.05, 4.69) is 31.7 Å². The Balaban J connectivity index is 1.70. The Morgan fingerprint density at radius 2 is 1.74 bits per heavy atom. The summed E-state index contributed by atoms with van der Waals surface area (Å²) in [6, 6.07) is 5.97. The van der Waals surface area contributed by atoms with Gasteiger partial charge >= 0.3 is 12.4 Å². The number of hydrogen-bond donors (Lipinski definition) is 2. The second-order valence-electron chi connectivity index (χ2n) is 7.64. The van der Waals surface area contributed by atoms with Gasteiger partial charge in [-0.2, -0.15) is 31.4 Å². The zero-order chi connectivity index (χ0) is 25.7. The van der Waals surface area contributed by atoms with Gasteiger partial charge in [0.15, 0.2) is 11.7 Å². The number of nitrogens with one attached hydrogen (secondary N) is 2. The Morgan fingerprint density at radius 1 is 1.09 bits per heavy atom. The Labute approximate surface area is 212 Å². The van der Waals surface area contributed by atoms with Crippen molar-refractivity contribution < 1.29 is 31.1 Å². The summed E-state index contributed by atoms with van der Waals surface area (Å²) in [4.78, 5) is 12.8. The maximum absolute atomic E-state index is 13.9. The van der Waals surface area contributed by atoms with E-state index in [1.807, 2.05) is 0 Å².